The molecule has 3 aromatic rings. The number of hydrogen-bond acceptors (Lipinski definition) is 3. The number of guanidine groups is 1. The van der Waals surface area contributed by atoms with Crippen LogP contribution in [0.3, 0.4) is 0 Å². The van der Waals surface area contributed by atoms with Gasteiger partial charge in [-0.25, -0.2) is 4.99 Å². The summed E-state index contributed by atoms with van der Waals surface area (Å²) < 4.78 is 2.31. The van der Waals surface area contributed by atoms with Gasteiger partial charge in [-0.2, -0.15) is 0 Å². The van der Waals surface area contributed by atoms with Gasteiger partial charge in [0, 0.05) is 56.7 Å². The summed E-state index contributed by atoms with van der Waals surface area (Å²) >= 11 is 0. The number of fused-ring (bicyclic) bond motifs is 1. The van der Waals surface area contributed by atoms with Gasteiger partial charge in [0.15, 0.2) is 5.96 Å². The van der Waals surface area contributed by atoms with Gasteiger partial charge < -0.3 is 25.2 Å². The minimum atomic E-state index is 0. The lowest BCUT2D eigenvalue weighted by Gasteiger charge is -2.32. The highest BCUT2D eigenvalue weighted by Gasteiger charge is 2.18. The molecule has 7 heteroatoms. The van der Waals surface area contributed by atoms with E-state index in [0.29, 0.717) is 19.1 Å². The first-order valence-corrected chi connectivity index (χ1v) is 12.3. The molecule has 1 saturated heterocycles. The normalized spacial score (nSPS) is 14.8. The number of nitrogens with zero attached hydrogens (tertiary/aromatic N) is 3. The average Bonchev–Trinajstić information content (AvgIpc) is 3.28. The highest BCUT2D eigenvalue weighted by molar-refractivity contribution is 14.0. The first-order chi connectivity index (χ1) is 16.3. The molecule has 1 aliphatic rings. The summed E-state index contributed by atoms with van der Waals surface area (Å²) in [5.74, 6) is 1.33. The largest absolute Gasteiger partial charge is 0.396 e. The molecule has 6 nitrogen and oxygen atoms in total. The second-order valence-corrected chi connectivity index (χ2v) is 8.82. The Bertz CT molecular complexity index is 1020. The van der Waals surface area contributed by atoms with Crippen LogP contribution in [0.25, 0.3) is 10.9 Å². The van der Waals surface area contributed by atoms with Gasteiger partial charge >= 0.3 is 0 Å². The summed E-state index contributed by atoms with van der Waals surface area (Å²) in [4.78, 5) is 7.19. The molecule has 1 aliphatic heterocycles. The van der Waals surface area contributed by atoms with Crippen LogP contribution in [0.2, 0.25) is 0 Å². The molecule has 2 heterocycles. The molecule has 0 atom stereocenters. The van der Waals surface area contributed by atoms with E-state index in [9.17, 15) is 5.11 Å². The maximum Gasteiger partial charge on any atom is 0.191 e. The zero-order valence-electron chi connectivity index (χ0n) is 20.1. The van der Waals surface area contributed by atoms with Gasteiger partial charge in [-0.3, -0.25) is 0 Å². The SMILES string of the molecule is CCNC(=NCc1ccc(N2CCC(CO)CC2)cc1)NCCCn1ccc2ccccc21.I. The van der Waals surface area contributed by atoms with Crippen molar-refractivity contribution in [3.05, 3.63) is 66.4 Å². The third kappa shape index (κ3) is 7.12. The number of aryl methyl sites for hydroxylation is 1. The van der Waals surface area contributed by atoms with E-state index in [-0.39, 0.29) is 24.0 Å². The third-order valence-corrected chi connectivity index (χ3v) is 6.49. The number of anilines is 1. The lowest BCUT2D eigenvalue weighted by molar-refractivity contribution is 0.203. The van der Waals surface area contributed by atoms with Crippen LogP contribution in [-0.4, -0.2) is 48.4 Å². The molecule has 184 valence electrons. The molecule has 2 aromatic carbocycles. The molecule has 0 bridgehead atoms. The lowest BCUT2D eigenvalue weighted by atomic mass is 9.97. The molecule has 0 amide bonds. The smallest absolute Gasteiger partial charge is 0.191 e. The van der Waals surface area contributed by atoms with Crippen LogP contribution in [0.15, 0.2) is 65.8 Å². The fourth-order valence-electron chi connectivity index (χ4n) is 4.49. The number of nitrogens with one attached hydrogen (secondary N) is 2. The first kappa shape index (κ1) is 26.3. The lowest BCUT2D eigenvalue weighted by Crippen LogP contribution is -2.38. The molecule has 3 N–H and O–H groups in total. The molecule has 0 saturated carbocycles. The average molecular weight is 576 g/mol. The zero-order valence-corrected chi connectivity index (χ0v) is 22.4. The zero-order chi connectivity index (χ0) is 22.9. The Labute approximate surface area is 220 Å². The van der Waals surface area contributed by atoms with Crippen LogP contribution in [0.1, 0.15) is 31.7 Å². The molecule has 1 aromatic heterocycles. The van der Waals surface area contributed by atoms with E-state index in [1.165, 1.54) is 22.2 Å². The van der Waals surface area contributed by atoms with E-state index in [1.807, 2.05) is 0 Å². The number of aliphatic hydroxyl groups is 1. The molecule has 0 aliphatic carbocycles. The number of aliphatic imine (C=N–C) groups is 1. The number of piperidine rings is 1. The van der Waals surface area contributed by atoms with E-state index in [2.05, 4.69) is 87.8 Å². The summed E-state index contributed by atoms with van der Waals surface area (Å²) in [5, 5.41) is 17.4. The standard InChI is InChI=1S/C27H37N5O.HI/c1-2-28-27(29-15-5-16-32-19-14-24-6-3-4-7-26(24)32)30-20-22-8-10-25(11-9-22)31-17-12-23(21-33)13-18-31;/h3-4,6-11,14,19,23,33H,2,5,12-13,15-18,20-21H2,1H3,(H2,28,29,30);1H. The Balaban J connectivity index is 0.00000324. The highest BCUT2D eigenvalue weighted by atomic mass is 127. The van der Waals surface area contributed by atoms with Crippen molar-refractivity contribution in [2.45, 2.75) is 39.3 Å². The summed E-state index contributed by atoms with van der Waals surface area (Å²) in [7, 11) is 0. The molecular weight excluding hydrogens is 537 g/mol. The fourth-order valence-corrected chi connectivity index (χ4v) is 4.49. The number of aliphatic hydroxyl groups excluding tert-OH is 1. The van der Waals surface area contributed by atoms with Crippen molar-refractivity contribution in [1.29, 1.82) is 0 Å². The van der Waals surface area contributed by atoms with Crippen LogP contribution in [0, 0.1) is 5.92 Å². The Morgan fingerprint density at radius 1 is 1.03 bits per heavy atom. The third-order valence-electron chi connectivity index (χ3n) is 6.49. The Morgan fingerprint density at radius 2 is 1.79 bits per heavy atom. The maximum absolute atomic E-state index is 9.33. The van der Waals surface area contributed by atoms with Crippen molar-refractivity contribution in [2.75, 3.05) is 37.7 Å². The molecule has 1 fully saturated rings. The van der Waals surface area contributed by atoms with Gasteiger partial charge in [0.2, 0.25) is 0 Å². The number of hydrogen-bond donors (Lipinski definition) is 3. The number of aromatic nitrogens is 1. The fraction of sp³-hybridized carbons (Fsp3) is 0.444. The molecule has 34 heavy (non-hydrogen) atoms. The van der Waals surface area contributed by atoms with Crippen molar-refractivity contribution >= 4 is 46.5 Å². The number of para-hydroxylation sites is 1. The van der Waals surface area contributed by atoms with Gasteiger partial charge in [-0.1, -0.05) is 30.3 Å². The minimum absolute atomic E-state index is 0. The molecule has 0 spiro atoms. The van der Waals surface area contributed by atoms with E-state index in [4.69, 9.17) is 4.99 Å². The molecule has 0 unspecified atom stereocenters. The summed E-state index contributed by atoms with van der Waals surface area (Å²) in [6, 6.07) is 19.5. The van der Waals surface area contributed by atoms with Crippen LogP contribution in [-0.2, 0) is 13.1 Å². The van der Waals surface area contributed by atoms with Gasteiger partial charge in [0.1, 0.15) is 0 Å². The topological polar surface area (TPSA) is 64.8 Å². The first-order valence-electron chi connectivity index (χ1n) is 12.3. The van der Waals surface area contributed by atoms with Crippen molar-refractivity contribution in [3.63, 3.8) is 0 Å². The van der Waals surface area contributed by atoms with E-state index >= 15 is 0 Å². The van der Waals surface area contributed by atoms with E-state index in [0.717, 1.165) is 57.9 Å². The predicted octanol–water partition coefficient (Wildman–Crippen LogP) is 4.61. The minimum Gasteiger partial charge on any atom is -0.396 e. The molecular formula is C27H38IN5O. The monoisotopic (exact) mass is 575 g/mol. The Morgan fingerprint density at radius 3 is 2.53 bits per heavy atom. The second kappa shape index (κ2) is 13.6. The number of halogens is 1. The number of rotatable bonds is 9. The molecule has 4 rings (SSSR count). The van der Waals surface area contributed by atoms with Gasteiger partial charge in [-0.05, 0) is 67.3 Å². The number of benzene rings is 2. The van der Waals surface area contributed by atoms with Crippen molar-refractivity contribution in [2.24, 2.45) is 10.9 Å². The van der Waals surface area contributed by atoms with E-state index < -0.39 is 0 Å². The van der Waals surface area contributed by atoms with E-state index in [1.54, 1.807) is 0 Å². The van der Waals surface area contributed by atoms with Crippen LogP contribution < -0.4 is 15.5 Å². The summed E-state index contributed by atoms with van der Waals surface area (Å²) in [5.41, 5.74) is 3.76. The summed E-state index contributed by atoms with van der Waals surface area (Å²) in [6.07, 6.45) is 5.34. The van der Waals surface area contributed by atoms with Crippen molar-refractivity contribution < 1.29 is 5.11 Å². The molecule has 0 radical (unpaired) electrons. The van der Waals surface area contributed by atoms with Crippen molar-refractivity contribution in [1.82, 2.24) is 15.2 Å². The van der Waals surface area contributed by atoms with Crippen molar-refractivity contribution in [3.8, 4) is 0 Å². The van der Waals surface area contributed by atoms with Crippen LogP contribution in [0.5, 0.6) is 0 Å². The van der Waals surface area contributed by atoms with Crippen LogP contribution >= 0.6 is 24.0 Å². The highest BCUT2D eigenvalue weighted by Crippen LogP contribution is 2.23. The second-order valence-electron chi connectivity index (χ2n) is 8.82. The quantitative estimate of drug-likeness (QED) is 0.151. The van der Waals surface area contributed by atoms with Gasteiger partial charge in [0.05, 0.1) is 6.54 Å². The summed E-state index contributed by atoms with van der Waals surface area (Å²) in [6.45, 7) is 7.82. The predicted molar refractivity (Wildman–Crippen MR) is 153 cm³/mol. The maximum atomic E-state index is 9.33. The Kier molecular flexibility index (Phi) is 10.5. The van der Waals surface area contributed by atoms with Gasteiger partial charge in [0.25, 0.3) is 0 Å². The van der Waals surface area contributed by atoms with Crippen LogP contribution in [0.4, 0.5) is 5.69 Å². The van der Waals surface area contributed by atoms with Gasteiger partial charge in [-0.15, -0.1) is 24.0 Å². The Hall–Kier alpha value is -2.26.